The van der Waals surface area contributed by atoms with Crippen LogP contribution in [0.2, 0.25) is 0 Å². The molecular formula is C11H16N2. The molecule has 2 heteroatoms. The minimum atomic E-state index is 0.567. The molecule has 0 bridgehead atoms. The molecule has 0 aliphatic heterocycles. The first kappa shape index (κ1) is 8.54. The Morgan fingerprint density at radius 3 is 2.92 bits per heavy atom. The minimum absolute atomic E-state index is 0.567. The molecule has 0 unspecified atom stereocenters. The van der Waals surface area contributed by atoms with Crippen LogP contribution in [0.1, 0.15) is 25.5 Å². The van der Waals surface area contributed by atoms with Crippen LogP contribution in [0.15, 0.2) is 18.3 Å². The Hall–Kier alpha value is -1.05. The van der Waals surface area contributed by atoms with E-state index in [4.69, 9.17) is 0 Å². The molecule has 0 saturated heterocycles. The molecule has 70 valence electrons. The molecule has 0 spiro atoms. The fourth-order valence-electron chi connectivity index (χ4n) is 1.36. The monoisotopic (exact) mass is 176 g/mol. The minimum Gasteiger partial charge on any atom is -0.384 e. The van der Waals surface area contributed by atoms with Gasteiger partial charge in [-0.1, -0.05) is 6.92 Å². The number of hydrogen-bond donors (Lipinski definition) is 1. The van der Waals surface area contributed by atoms with Crippen molar-refractivity contribution in [3.63, 3.8) is 0 Å². The average molecular weight is 176 g/mol. The molecular weight excluding hydrogens is 160 g/mol. The predicted octanol–water partition coefficient (Wildman–Crippen LogP) is 2.60. The number of rotatable bonds is 3. The second kappa shape index (κ2) is 3.02. The van der Waals surface area contributed by atoms with Gasteiger partial charge in [-0.25, -0.2) is 0 Å². The van der Waals surface area contributed by atoms with E-state index in [2.05, 4.69) is 23.3 Å². The lowest BCUT2D eigenvalue weighted by Crippen LogP contribution is -2.11. The van der Waals surface area contributed by atoms with Crippen LogP contribution in [0.3, 0.4) is 0 Å². The highest BCUT2D eigenvalue weighted by atomic mass is 14.9. The summed E-state index contributed by atoms with van der Waals surface area (Å²) in [7, 11) is 0. The van der Waals surface area contributed by atoms with Crippen molar-refractivity contribution in [2.24, 2.45) is 5.41 Å². The van der Waals surface area contributed by atoms with Crippen LogP contribution in [0, 0.1) is 12.3 Å². The Labute approximate surface area is 79.4 Å². The van der Waals surface area contributed by atoms with Gasteiger partial charge in [-0.3, -0.25) is 4.98 Å². The summed E-state index contributed by atoms with van der Waals surface area (Å²) in [5.74, 6) is 0. The molecule has 1 N–H and O–H groups in total. The number of aromatic nitrogens is 1. The topological polar surface area (TPSA) is 24.9 Å². The van der Waals surface area contributed by atoms with Crippen LogP contribution in [0.5, 0.6) is 0 Å². The number of pyridine rings is 1. The Morgan fingerprint density at radius 1 is 1.54 bits per heavy atom. The Morgan fingerprint density at radius 2 is 2.31 bits per heavy atom. The summed E-state index contributed by atoms with van der Waals surface area (Å²) < 4.78 is 0. The van der Waals surface area contributed by atoms with Gasteiger partial charge in [0, 0.05) is 24.1 Å². The third kappa shape index (κ3) is 2.20. The van der Waals surface area contributed by atoms with Gasteiger partial charge in [-0.05, 0) is 37.3 Å². The zero-order chi connectivity index (χ0) is 9.31. The van der Waals surface area contributed by atoms with Gasteiger partial charge in [0.2, 0.25) is 0 Å². The molecule has 0 radical (unpaired) electrons. The summed E-state index contributed by atoms with van der Waals surface area (Å²) in [6, 6.07) is 4.12. The van der Waals surface area contributed by atoms with E-state index in [-0.39, 0.29) is 0 Å². The molecule has 1 fully saturated rings. The summed E-state index contributed by atoms with van der Waals surface area (Å²) >= 11 is 0. The van der Waals surface area contributed by atoms with Crippen LogP contribution in [0.25, 0.3) is 0 Å². The molecule has 1 aliphatic rings. The van der Waals surface area contributed by atoms with Crippen LogP contribution in [-0.4, -0.2) is 11.5 Å². The van der Waals surface area contributed by atoms with Crippen LogP contribution >= 0.6 is 0 Å². The Bertz CT molecular complexity index is 303. The number of nitrogens with zero attached hydrogens (tertiary/aromatic N) is 1. The molecule has 0 aromatic carbocycles. The first-order valence-electron chi connectivity index (χ1n) is 4.85. The van der Waals surface area contributed by atoms with E-state index < -0.39 is 0 Å². The van der Waals surface area contributed by atoms with Crippen molar-refractivity contribution in [2.45, 2.75) is 26.7 Å². The molecule has 0 amide bonds. The first-order chi connectivity index (χ1) is 6.18. The van der Waals surface area contributed by atoms with Crippen molar-refractivity contribution in [1.29, 1.82) is 0 Å². The Kier molecular flexibility index (Phi) is 1.98. The number of anilines is 1. The number of hydrogen-bond acceptors (Lipinski definition) is 2. The highest BCUT2D eigenvalue weighted by Crippen LogP contribution is 2.44. The van der Waals surface area contributed by atoms with Crippen molar-refractivity contribution in [3.05, 3.63) is 24.0 Å². The fraction of sp³-hybridized carbons (Fsp3) is 0.545. The molecule has 2 nitrogen and oxygen atoms in total. The fourth-order valence-corrected chi connectivity index (χ4v) is 1.36. The second-order valence-corrected chi connectivity index (χ2v) is 4.35. The van der Waals surface area contributed by atoms with Crippen molar-refractivity contribution < 1.29 is 0 Å². The molecule has 1 aliphatic carbocycles. The van der Waals surface area contributed by atoms with E-state index in [0.717, 1.165) is 12.2 Å². The van der Waals surface area contributed by atoms with Gasteiger partial charge in [0.05, 0.1) is 0 Å². The molecule has 1 aromatic heterocycles. The Balaban J connectivity index is 1.94. The van der Waals surface area contributed by atoms with Crippen molar-refractivity contribution in [2.75, 3.05) is 11.9 Å². The summed E-state index contributed by atoms with van der Waals surface area (Å²) in [4.78, 5) is 4.16. The van der Waals surface area contributed by atoms with Gasteiger partial charge in [0.15, 0.2) is 0 Å². The maximum atomic E-state index is 4.16. The van der Waals surface area contributed by atoms with E-state index in [9.17, 15) is 0 Å². The summed E-state index contributed by atoms with van der Waals surface area (Å²) in [5, 5.41) is 3.45. The molecule has 1 saturated carbocycles. The van der Waals surface area contributed by atoms with Crippen molar-refractivity contribution in [3.8, 4) is 0 Å². The molecule has 1 aromatic rings. The van der Waals surface area contributed by atoms with Gasteiger partial charge >= 0.3 is 0 Å². The van der Waals surface area contributed by atoms with E-state index in [1.165, 1.54) is 18.5 Å². The first-order valence-corrected chi connectivity index (χ1v) is 4.85. The summed E-state index contributed by atoms with van der Waals surface area (Å²) in [5.41, 5.74) is 2.84. The van der Waals surface area contributed by atoms with Crippen molar-refractivity contribution in [1.82, 2.24) is 4.98 Å². The summed E-state index contributed by atoms with van der Waals surface area (Å²) in [6.45, 7) is 5.44. The molecule has 0 atom stereocenters. The van der Waals surface area contributed by atoms with Crippen LogP contribution in [-0.2, 0) is 0 Å². The second-order valence-electron chi connectivity index (χ2n) is 4.35. The number of aryl methyl sites for hydroxylation is 1. The SMILES string of the molecule is Cc1cc(NCC2(C)CC2)ccn1. The largest absolute Gasteiger partial charge is 0.384 e. The van der Waals surface area contributed by atoms with E-state index in [1.54, 1.807) is 0 Å². The third-order valence-corrected chi connectivity index (χ3v) is 2.72. The zero-order valence-electron chi connectivity index (χ0n) is 8.30. The third-order valence-electron chi connectivity index (χ3n) is 2.72. The van der Waals surface area contributed by atoms with Gasteiger partial charge in [0.25, 0.3) is 0 Å². The number of nitrogens with one attached hydrogen (secondary N) is 1. The van der Waals surface area contributed by atoms with Crippen molar-refractivity contribution >= 4 is 5.69 Å². The quantitative estimate of drug-likeness (QED) is 0.765. The van der Waals surface area contributed by atoms with Crippen LogP contribution in [0.4, 0.5) is 5.69 Å². The normalized spacial score (nSPS) is 18.3. The summed E-state index contributed by atoms with van der Waals surface area (Å²) in [6.07, 6.45) is 4.58. The van der Waals surface area contributed by atoms with E-state index in [0.29, 0.717) is 5.41 Å². The van der Waals surface area contributed by atoms with E-state index >= 15 is 0 Å². The van der Waals surface area contributed by atoms with E-state index in [1.807, 2.05) is 19.2 Å². The van der Waals surface area contributed by atoms with Gasteiger partial charge in [0.1, 0.15) is 0 Å². The maximum absolute atomic E-state index is 4.16. The molecule has 1 heterocycles. The van der Waals surface area contributed by atoms with Crippen LogP contribution < -0.4 is 5.32 Å². The average Bonchev–Trinajstić information content (AvgIpc) is 2.82. The molecule has 13 heavy (non-hydrogen) atoms. The molecule has 2 rings (SSSR count). The highest BCUT2D eigenvalue weighted by Gasteiger charge is 2.36. The lowest BCUT2D eigenvalue weighted by Gasteiger charge is -2.11. The zero-order valence-corrected chi connectivity index (χ0v) is 8.30. The predicted molar refractivity (Wildman–Crippen MR) is 54.8 cm³/mol. The van der Waals surface area contributed by atoms with Gasteiger partial charge in [-0.15, -0.1) is 0 Å². The standard InChI is InChI=1S/C11H16N2/c1-9-7-10(3-6-12-9)13-8-11(2)4-5-11/h3,6-7H,4-5,8H2,1-2H3,(H,12,13). The maximum Gasteiger partial charge on any atom is 0.0393 e. The lowest BCUT2D eigenvalue weighted by molar-refractivity contribution is 0.610. The highest BCUT2D eigenvalue weighted by molar-refractivity contribution is 5.43. The van der Waals surface area contributed by atoms with Gasteiger partial charge < -0.3 is 5.32 Å². The lowest BCUT2D eigenvalue weighted by atomic mass is 10.1. The van der Waals surface area contributed by atoms with Gasteiger partial charge in [-0.2, -0.15) is 0 Å². The smallest absolute Gasteiger partial charge is 0.0393 e.